The lowest BCUT2D eigenvalue weighted by Crippen LogP contribution is -2.27. The first-order valence-corrected chi connectivity index (χ1v) is 12.6. The Hall–Kier alpha value is -3.17. The van der Waals surface area contributed by atoms with Gasteiger partial charge in [0.05, 0.1) is 17.1 Å². The summed E-state index contributed by atoms with van der Waals surface area (Å²) in [6.07, 6.45) is 2.66. The zero-order valence-electron chi connectivity index (χ0n) is 19.4. The number of thiazole rings is 1. The molecule has 34 heavy (non-hydrogen) atoms. The number of benzene rings is 1. The lowest BCUT2D eigenvalue weighted by atomic mass is 10.1. The van der Waals surface area contributed by atoms with Gasteiger partial charge in [-0.15, -0.1) is 11.3 Å². The Kier molecular flexibility index (Phi) is 7.33. The Balaban J connectivity index is 1.45. The third-order valence-electron chi connectivity index (χ3n) is 5.33. The number of aliphatic carboxylic acids is 1. The quantitative estimate of drug-likeness (QED) is 0.284. The molecule has 0 unspecified atom stereocenters. The van der Waals surface area contributed by atoms with E-state index in [0.29, 0.717) is 6.54 Å². The molecular weight excluding hydrogens is 466 g/mol. The van der Waals surface area contributed by atoms with Gasteiger partial charge in [-0.05, 0) is 32.4 Å². The normalized spacial score (nSPS) is 11.5. The van der Waals surface area contributed by atoms with Crippen LogP contribution in [0.4, 0.5) is 5.82 Å². The fraction of sp³-hybridized carbons (Fsp3) is 0.280. The van der Waals surface area contributed by atoms with Crippen LogP contribution in [0.2, 0.25) is 0 Å². The third kappa shape index (κ3) is 6.03. The fourth-order valence-corrected chi connectivity index (χ4v) is 5.56. The van der Waals surface area contributed by atoms with Crippen molar-refractivity contribution in [2.75, 3.05) is 11.4 Å². The zero-order valence-corrected chi connectivity index (χ0v) is 21.0. The molecule has 0 saturated carbocycles. The molecule has 0 fully saturated rings. The van der Waals surface area contributed by atoms with E-state index >= 15 is 0 Å². The van der Waals surface area contributed by atoms with Gasteiger partial charge in [0.15, 0.2) is 4.34 Å². The second kappa shape index (κ2) is 10.4. The van der Waals surface area contributed by atoms with Gasteiger partial charge in [-0.25, -0.2) is 4.98 Å². The number of aromatic nitrogens is 4. The molecule has 2 N–H and O–H groups in total. The Bertz CT molecular complexity index is 1240. The topological polar surface area (TPSA) is 95.0 Å². The average Bonchev–Trinajstić information content (AvgIpc) is 3.46. The van der Waals surface area contributed by atoms with E-state index in [1.165, 1.54) is 23.1 Å². The molecule has 0 aliphatic heterocycles. The Morgan fingerprint density at radius 1 is 1.21 bits per heavy atom. The van der Waals surface area contributed by atoms with Gasteiger partial charge in [0.1, 0.15) is 10.6 Å². The van der Waals surface area contributed by atoms with Crippen LogP contribution in [0.15, 0.2) is 64.4 Å². The number of aryl methyl sites for hydroxylation is 1. The van der Waals surface area contributed by atoms with Crippen molar-refractivity contribution in [1.29, 1.82) is 0 Å². The predicted molar refractivity (Wildman–Crippen MR) is 137 cm³/mol. The van der Waals surface area contributed by atoms with Crippen molar-refractivity contribution in [2.24, 2.45) is 0 Å². The van der Waals surface area contributed by atoms with Crippen LogP contribution in [0.1, 0.15) is 30.8 Å². The molecule has 0 aliphatic carbocycles. The standard InChI is InChI=1S/C25H27N5O2S2/c1-17-13-22(29-28-17)30(12-11-20-16-33-24(27-20)34-25(2,3)23(31)32)15-18-9-10-21(26-14-18)19-7-5-4-6-8-19/h4-10,13-14,16H,11-12,15H2,1-3H3,(H,28,29)(H,31,32). The lowest BCUT2D eigenvalue weighted by molar-refractivity contribution is -0.138. The molecule has 0 aliphatic rings. The van der Waals surface area contributed by atoms with Crippen molar-refractivity contribution >= 4 is 34.9 Å². The second-order valence-electron chi connectivity index (χ2n) is 8.51. The van der Waals surface area contributed by atoms with E-state index in [0.717, 1.165) is 51.3 Å². The molecular formula is C25H27N5O2S2. The van der Waals surface area contributed by atoms with Crippen molar-refractivity contribution < 1.29 is 9.90 Å². The zero-order chi connectivity index (χ0) is 24.1. The molecule has 0 saturated heterocycles. The first-order valence-electron chi connectivity index (χ1n) is 10.9. The van der Waals surface area contributed by atoms with E-state index in [1.807, 2.05) is 42.8 Å². The number of anilines is 1. The van der Waals surface area contributed by atoms with Gasteiger partial charge in [-0.3, -0.25) is 14.9 Å². The molecule has 7 nitrogen and oxygen atoms in total. The summed E-state index contributed by atoms with van der Waals surface area (Å²) in [4.78, 5) is 23.0. The summed E-state index contributed by atoms with van der Waals surface area (Å²) >= 11 is 2.77. The molecule has 0 atom stereocenters. The highest BCUT2D eigenvalue weighted by atomic mass is 32.2. The maximum Gasteiger partial charge on any atom is 0.319 e. The van der Waals surface area contributed by atoms with E-state index in [9.17, 15) is 9.90 Å². The van der Waals surface area contributed by atoms with Crippen LogP contribution in [0.25, 0.3) is 11.3 Å². The van der Waals surface area contributed by atoms with E-state index in [1.54, 1.807) is 13.8 Å². The number of aromatic amines is 1. The Morgan fingerprint density at radius 3 is 2.65 bits per heavy atom. The monoisotopic (exact) mass is 493 g/mol. The molecule has 176 valence electrons. The molecule has 3 heterocycles. The SMILES string of the molecule is Cc1cc(N(CCc2csc(SC(C)(C)C(=O)O)n2)Cc2ccc(-c3ccccc3)nc2)[nH]n1. The van der Waals surface area contributed by atoms with Crippen LogP contribution in [0.3, 0.4) is 0 Å². The average molecular weight is 494 g/mol. The summed E-state index contributed by atoms with van der Waals surface area (Å²) in [5.74, 6) is 0.100. The van der Waals surface area contributed by atoms with Crippen LogP contribution < -0.4 is 4.90 Å². The number of pyridine rings is 1. The molecule has 4 rings (SSSR count). The summed E-state index contributed by atoms with van der Waals surface area (Å²) in [5, 5.41) is 18.8. The van der Waals surface area contributed by atoms with Gasteiger partial charge in [0, 0.05) is 42.7 Å². The number of H-pyrrole nitrogens is 1. The summed E-state index contributed by atoms with van der Waals surface area (Å²) in [6, 6.07) is 16.3. The minimum absolute atomic E-state index is 0.682. The highest BCUT2D eigenvalue weighted by Gasteiger charge is 2.29. The van der Waals surface area contributed by atoms with Crippen LogP contribution in [0, 0.1) is 6.92 Å². The molecule has 0 spiro atoms. The number of nitrogens with one attached hydrogen (secondary N) is 1. The third-order valence-corrected chi connectivity index (χ3v) is 7.50. The number of rotatable bonds is 10. The molecule has 3 aromatic heterocycles. The van der Waals surface area contributed by atoms with E-state index < -0.39 is 10.7 Å². The maximum atomic E-state index is 11.4. The van der Waals surface area contributed by atoms with Gasteiger partial charge in [0.2, 0.25) is 0 Å². The Morgan fingerprint density at radius 2 is 2.00 bits per heavy atom. The Labute approximate surface area is 207 Å². The predicted octanol–water partition coefficient (Wildman–Crippen LogP) is 5.44. The van der Waals surface area contributed by atoms with Crippen molar-refractivity contribution in [3.05, 3.63) is 77.1 Å². The van der Waals surface area contributed by atoms with Crippen molar-refractivity contribution in [3.63, 3.8) is 0 Å². The molecule has 0 amide bonds. The van der Waals surface area contributed by atoms with Gasteiger partial charge < -0.3 is 10.0 Å². The minimum atomic E-state index is -0.909. The van der Waals surface area contributed by atoms with E-state index in [4.69, 9.17) is 0 Å². The number of nitrogens with zero attached hydrogens (tertiary/aromatic N) is 4. The van der Waals surface area contributed by atoms with Crippen molar-refractivity contribution in [2.45, 2.75) is 42.8 Å². The van der Waals surface area contributed by atoms with Gasteiger partial charge in [-0.1, -0.05) is 48.2 Å². The maximum absolute atomic E-state index is 11.4. The fourth-order valence-electron chi connectivity index (χ4n) is 3.33. The highest BCUT2D eigenvalue weighted by molar-refractivity contribution is 8.03. The minimum Gasteiger partial charge on any atom is -0.480 e. The molecule has 0 radical (unpaired) electrons. The van der Waals surface area contributed by atoms with Crippen molar-refractivity contribution in [3.8, 4) is 11.3 Å². The molecule has 9 heteroatoms. The van der Waals surface area contributed by atoms with E-state index in [-0.39, 0.29) is 0 Å². The molecule has 1 aromatic carbocycles. The summed E-state index contributed by atoms with van der Waals surface area (Å²) in [5.41, 5.74) is 5.03. The van der Waals surface area contributed by atoms with Crippen LogP contribution in [-0.4, -0.2) is 42.5 Å². The molecule has 0 bridgehead atoms. The summed E-state index contributed by atoms with van der Waals surface area (Å²) < 4.78 is -0.139. The largest absolute Gasteiger partial charge is 0.480 e. The first-order chi connectivity index (χ1) is 16.3. The first kappa shape index (κ1) is 24.0. The van der Waals surface area contributed by atoms with Crippen LogP contribution in [-0.2, 0) is 17.8 Å². The second-order valence-corrected chi connectivity index (χ2v) is 11.2. The van der Waals surface area contributed by atoms with Crippen molar-refractivity contribution in [1.82, 2.24) is 20.2 Å². The van der Waals surface area contributed by atoms with Gasteiger partial charge in [-0.2, -0.15) is 5.10 Å². The number of carboxylic acids is 1. The highest BCUT2D eigenvalue weighted by Crippen LogP contribution is 2.34. The summed E-state index contributed by atoms with van der Waals surface area (Å²) in [7, 11) is 0. The van der Waals surface area contributed by atoms with Gasteiger partial charge >= 0.3 is 5.97 Å². The van der Waals surface area contributed by atoms with Crippen LogP contribution >= 0.6 is 23.1 Å². The molecule has 4 aromatic rings. The number of hydrogen-bond acceptors (Lipinski definition) is 7. The number of hydrogen-bond donors (Lipinski definition) is 2. The van der Waals surface area contributed by atoms with E-state index in [2.05, 4.69) is 49.3 Å². The number of carboxylic acid groups (broad SMARTS) is 1. The van der Waals surface area contributed by atoms with Crippen LogP contribution in [0.5, 0.6) is 0 Å². The lowest BCUT2D eigenvalue weighted by Gasteiger charge is -2.22. The number of thioether (sulfide) groups is 1. The summed E-state index contributed by atoms with van der Waals surface area (Å²) in [6.45, 7) is 6.77. The smallest absolute Gasteiger partial charge is 0.319 e. The number of carbonyl (C=O) groups is 1. The van der Waals surface area contributed by atoms with Gasteiger partial charge in [0.25, 0.3) is 0 Å².